The Morgan fingerprint density at radius 3 is 2.04 bits per heavy atom. The van der Waals surface area contributed by atoms with E-state index in [0.29, 0.717) is 0 Å². The van der Waals surface area contributed by atoms with Crippen molar-refractivity contribution in [2.75, 3.05) is 6.61 Å². The predicted molar refractivity (Wildman–Crippen MR) is 95.3 cm³/mol. The Morgan fingerprint density at radius 1 is 1.00 bits per heavy atom. The van der Waals surface area contributed by atoms with Gasteiger partial charge in [0.15, 0.2) is 6.10 Å². The molecule has 5 atom stereocenters. The second-order valence-electron chi connectivity index (χ2n) is 6.44. The van der Waals surface area contributed by atoms with E-state index >= 15 is 0 Å². The number of esters is 1. The van der Waals surface area contributed by atoms with Crippen LogP contribution in [0.15, 0.2) is 60.7 Å². The Kier molecular flexibility index (Phi) is 5.87. The van der Waals surface area contributed by atoms with Gasteiger partial charge in [-0.25, -0.2) is 4.79 Å². The molecule has 1 aliphatic heterocycles. The molecule has 1 heterocycles. The minimum atomic E-state index is -2.49. The second-order valence-corrected chi connectivity index (χ2v) is 6.44. The summed E-state index contributed by atoms with van der Waals surface area (Å²) in [5.74, 6) is -4.03. The van der Waals surface area contributed by atoms with Gasteiger partial charge in [-0.05, 0) is 12.1 Å². The van der Waals surface area contributed by atoms with Crippen molar-refractivity contribution < 1.29 is 39.5 Å². The van der Waals surface area contributed by atoms with E-state index < -0.39 is 48.6 Å². The van der Waals surface area contributed by atoms with Gasteiger partial charge in [-0.3, -0.25) is 4.79 Å². The molecule has 8 heteroatoms. The normalized spacial score (nSPS) is 27.9. The van der Waals surface area contributed by atoms with Crippen LogP contribution in [0.2, 0.25) is 0 Å². The van der Waals surface area contributed by atoms with E-state index in [0.717, 1.165) is 0 Å². The predicted octanol–water partition coefficient (Wildman–Crippen LogP) is -0.104. The smallest absolute Gasteiger partial charge is 0.338 e. The van der Waals surface area contributed by atoms with Crippen molar-refractivity contribution in [1.29, 1.82) is 0 Å². The maximum atomic E-state index is 13.0. The lowest BCUT2D eigenvalue weighted by Gasteiger charge is -2.26. The number of benzene rings is 2. The van der Waals surface area contributed by atoms with Gasteiger partial charge in [0, 0.05) is 5.56 Å². The van der Waals surface area contributed by atoms with Crippen LogP contribution in [0.1, 0.15) is 20.7 Å². The number of carbonyl (C=O) groups is 2. The minimum Gasteiger partial charge on any atom is -0.447 e. The van der Waals surface area contributed by atoms with Crippen LogP contribution in [-0.4, -0.2) is 69.0 Å². The first kappa shape index (κ1) is 20.1. The molecular formula is C20H20O8. The molecule has 1 fully saturated rings. The third kappa shape index (κ3) is 3.82. The van der Waals surface area contributed by atoms with Gasteiger partial charge in [0.05, 0.1) is 12.2 Å². The third-order valence-electron chi connectivity index (χ3n) is 4.55. The molecule has 2 aromatic carbocycles. The van der Waals surface area contributed by atoms with Crippen LogP contribution >= 0.6 is 0 Å². The summed E-state index contributed by atoms with van der Waals surface area (Å²) in [5, 5.41) is 39.7. The minimum absolute atomic E-state index is 0.166. The maximum Gasteiger partial charge on any atom is 0.338 e. The molecule has 0 bridgehead atoms. The van der Waals surface area contributed by atoms with Gasteiger partial charge in [-0.2, -0.15) is 0 Å². The molecule has 0 spiro atoms. The Morgan fingerprint density at radius 2 is 1.54 bits per heavy atom. The second kappa shape index (κ2) is 8.17. The molecule has 1 unspecified atom stereocenters. The van der Waals surface area contributed by atoms with Crippen molar-refractivity contribution in [3.05, 3.63) is 71.8 Å². The van der Waals surface area contributed by atoms with E-state index in [1.54, 1.807) is 36.4 Å². The van der Waals surface area contributed by atoms with E-state index in [9.17, 15) is 30.0 Å². The Balaban J connectivity index is 1.93. The highest BCUT2D eigenvalue weighted by Crippen LogP contribution is 2.33. The summed E-state index contributed by atoms with van der Waals surface area (Å²) in [6, 6.07) is 15.8. The van der Waals surface area contributed by atoms with Crippen molar-refractivity contribution in [1.82, 2.24) is 0 Å². The van der Waals surface area contributed by atoms with Gasteiger partial charge < -0.3 is 29.9 Å². The van der Waals surface area contributed by atoms with E-state index in [1.807, 2.05) is 0 Å². The van der Waals surface area contributed by atoms with Crippen LogP contribution < -0.4 is 0 Å². The molecular weight excluding hydrogens is 368 g/mol. The Hall–Kier alpha value is -2.62. The maximum absolute atomic E-state index is 13.0. The van der Waals surface area contributed by atoms with Gasteiger partial charge >= 0.3 is 5.97 Å². The number of ketones is 1. The van der Waals surface area contributed by atoms with Crippen molar-refractivity contribution in [3.8, 4) is 0 Å². The number of aliphatic hydroxyl groups is 4. The first-order valence-corrected chi connectivity index (χ1v) is 8.60. The zero-order valence-corrected chi connectivity index (χ0v) is 14.7. The van der Waals surface area contributed by atoms with E-state index in [2.05, 4.69) is 0 Å². The summed E-state index contributed by atoms with van der Waals surface area (Å²) in [4.78, 5) is 25.4. The lowest BCUT2D eigenvalue weighted by molar-refractivity contribution is -0.251. The molecule has 0 aliphatic carbocycles. The lowest BCUT2D eigenvalue weighted by atomic mass is 9.96. The summed E-state index contributed by atoms with van der Waals surface area (Å²) in [7, 11) is 0. The molecule has 28 heavy (non-hydrogen) atoms. The number of aliphatic hydroxyl groups excluding tert-OH is 3. The van der Waals surface area contributed by atoms with Crippen molar-refractivity contribution in [3.63, 3.8) is 0 Å². The molecule has 0 saturated carbocycles. The number of hydrogen-bond acceptors (Lipinski definition) is 8. The molecule has 8 nitrogen and oxygen atoms in total. The van der Waals surface area contributed by atoms with Crippen LogP contribution in [0.25, 0.3) is 0 Å². The molecule has 148 valence electrons. The van der Waals surface area contributed by atoms with Gasteiger partial charge in [-0.1, -0.05) is 48.5 Å². The highest BCUT2D eigenvalue weighted by molar-refractivity contribution is 6.02. The summed E-state index contributed by atoms with van der Waals surface area (Å²) in [5.41, 5.74) is 0.344. The largest absolute Gasteiger partial charge is 0.447 e. The molecule has 1 saturated heterocycles. The van der Waals surface area contributed by atoms with E-state index in [4.69, 9.17) is 9.47 Å². The SMILES string of the molecule is O=C(OC(C(=O)c1ccccc1)[C@H]1O[C@@](O)(CO)[C@@H](O)[C@@H]1O)c1ccccc1. The number of rotatable bonds is 6. The number of hydrogen-bond donors (Lipinski definition) is 4. The monoisotopic (exact) mass is 388 g/mol. The average molecular weight is 388 g/mol. The number of Topliss-reactive ketones (excluding diaryl/α,β-unsaturated/α-hetero) is 1. The van der Waals surface area contributed by atoms with Gasteiger partial charge in [0.2, 0.25) is 11.6 Å². The molecule has 2 aromatic rings. The first-order valence-electron chi connectivity index (χ1n) is 8.60. The zero-order chi connectivity index (χ0) is 20.3. The van der Waals surface area contributed by atoms with Gasteiger partial charge in [0.1, 0.15) is 18.3 Å². The molecule has 4 N–H and O–H groups in total. The molecule has 3 rings (SSSR count). The Labute approximate surface area is 160 Å². The van der Waals surface area contributed by atoms with Crippen molar-refractivity contribution in [2.45, 2.75) is 30.2 Å². The van der Waals surface area contributed by atoms with Crippen molar-refractivity contribution in [2.24, 2.45) is 0 Å². The fraction of sp³-hybridized carbons (Fsp3) is 0.300. The molecule has 0 amide bonds. The van der Waals surface area contributed by atoms with E-state index in [1.165, 1.54) is 24.3 Å². The fourth-order valence-corrected chi connectivity index (χ4v) is 2.99. The quantitative estimate of drug-likeness (QED) is 0.398. The average Bonchev–Trinajstić information content (AvgIpc) is 2.97. The highest BCUT2D eigenvalue weighted by Gasteiger charge is 2.57. The van der Waals surface area contributed by atoms with Crippen LogP contribution in [0.5, 0.6) is 0 Å². The zero-order valence-electron chi connectivity index (χ0n) is 14.7. The van der Waals surface area contributed by atoms with Crippen LogP contribution in [0.3, 0.4) is 0 Å². The number of ether oxygens (including phenoxy) is 2. The highest BCUT2D eigenvalue weighted by atomic mass is 16.7. The van der Waals surface area contributed by atoms with Crippen molar-refractivity contribution >= 4 is 11.8 Å². The van der Waals surface area contributed by atoms with E-state index in [-0.39, 0.29) is 11.1 Å². The summed E-state index contributed by atoms with van der Waals surface area (Å²) < 4.78 is 10.5. The first-order chi connectivity index (χ1) is 13.4. The molecule has 0 aromatic heterocycles. The molecule has 0 radical (unpaired) electrons. The standard InChI is InChI=1S/C20H20O8/c21-11-20(26)18(24)15(23)17(28-20)16(14(22)12-7-3-1-4-8-12)27-19(25)13-9-5-2-6-10-13/h1-10,15-18,21,23-24,26H,11H2/t15-,16?,17+,18+,20+/m1/s1. The number of carbonyl (C=O) groups excluding carboxylic acids is 2. The topological polar surface area (TPSA) is 134 Å². The van der Waals surface area contributed by atoms with Crippen LogP contribution in [0.4, 0.5) is 0 Å². The summed E-state index contributed by atoms with van der Waals surface area (Å²) >= 11 is 0. The van der Waals surface area contributed by atoms with Crippen LogP contribution in [0, 0.1) is 0 Å². The fourth-order valence-electron chi connectivity index (χ4n) is 2.99. The summed E-state index contributed by atoms with van der Waals surface area (Å²) in [6.07, 6.45) is -6.93. The Bertz CT molecular complexity index is 825. The van der Waals surface area contributed by atoms with Crippen LogP contribution in [-0.2, 0) is 9.47 Å². The summed E-state index contributed by atoms with van der Waals surface area (Å²) in [6.45, 7) is -1.03. The molecule has 1 aliphatic rings. The lowest BCUT2D eigenvalue weighted by Crippen LogP contribution is -2.46. The van der Waals surface area contributed by atoms with Gasteiger partial charge in [0.25, 0.3) is 0 Å². The third-order valence-corrected chi connectivity index (χ3v) is 4.55. The van der Waals surface area contributed by atoms with Gasteiger partial charge in [-0.15, -0.1) is 0 Å².